The zero-order valence-corrected chi connectivity index (χ0v) is 4.72. The van der Waals surface area contributed by atoms with Gasteiger partial charge in [-0.15, -0.1) is 0 Å². The fraction of sp³-hybridized carbons (Fsp3) is 1.00. The first kappa shape index (κ1) is 3.90. The van der Waals surface area contributed by atoms with Gasteiger partial charge in [-0.05, 0) is 18.9 Å². The van der Waals surface area contributed by atoms with Gasteiger partial charge in [-0.2, -0.15) is 0 Å². The fourth-order valence-corrected chi connectivity index (χ4v) is 1.69. The lowest BCUT2D eigenvalue weighted by molar-refractivity contribution is -0.0572. The highest BCUT2D eigenvalue weighted by Gasteiger charge is 2.41. The van der Waals surface area contributed by atoms with Gasteiger partial charge < -0.3 is 0 Å². The van der Waals surface area contributed by atoms with Gasteiger partial charge in [0.1, 0.15) is 0 Å². The summed E-state index contributed by atoms with van der Waals surface area (Å²) in [6.45, 7) is 5.11. The zero-order chi connectivity index (χ0) is 4.85. The average molecular weight is 97.2 g/mol. The SMILES string of the molecule is CC1CN2CCC12. The van der Waals surface area contributed by atoms with Gasteiger partial charge in [0, 0.05) is 12.6 Å². The molecule has 0 radical (unpaired) electrons. The molecule has 2 fully saturated rings. The van der Waals surface area contributed by atoms with Crippen molar-refractivity contribution >= 4 is 0 Å². The van der Waals surface area contributed by atoms with Crippen molar-refractivity contribution in [3.05, 3.63) is 0 Å². The smallest absolute Gasteiger partial charge is 0.0145 e. The lowest BCUT2D eigenvalue weighted by Crippen LogP contribution is -2.63. The number of hydrogen-bond acceptors (Lipinski definition) is 1. The molecule has 1 nitrogen and oxygen atoms in total. The maximum absolute atomic E-state index is 2.55. The van der Waals surface area contributed by atoms with Gasteiger partial charge in [0.05, 0.1) is 0 Å². The monoisotopic (exact) mass is 97.1 g/mol. The Morgan fingerprint density at radius 2 is 2.43 bits per heavy atom. The molecule has 2 unspecified atom stereocenters. The third kappa shape index (κ3) is 0.325. The Morgan fingerprint density at radius 1 is 1.57 bits per heavy atom. The molecule has 0 amide bonds. The third-order valence-corrected chi connectivity index (χ3v) is 2.36. The van der Waals surface area contributed by atoms with Crippen LogP contribution in [0.5, 0.6) is 0 Å². The quantitative estimate of drug-likeness (QED) is 0.430. The minimum atomic E-state index is 1.01. The number of rotatable bonds is 0. The summed E-state index contributed by atoms with van der Waals surface area (Å²) in [7, 11) is 0. The van der Waals surface area contributed by atoms with Crippen LogP contribution in [0.25, 0.3) is 0 Å². The molecule has 2 aliphatic heterocycles. The van der Waals surface area contributed by atoms with Crippen molar-refractivity contribution in [2.45, 2.75) is 19.4 Å². The molecule has 0 spiro atoms. The molecule has 0 saturated carbocycles. The van der Waals surface area contributed by atoms with Crippen molar-refractivity contribution in [1.82, 2.24) is 4.90 Å². The molecule has 7 heavy (non-hydrogen) atoms. The van der Waals surface area contributed by atoms with Crippen molar-refractivity contribution in [2.24, 2.45) is 5.92 Å². The van der Waals surface area contributed by atoms with Gasteiger partial charge >= 0.3 is 0 Å². The summed E-state index contributed by atoms with van der Waals surface area (Å²) in [6.07, 6.45) is 1.47. The average Bonchev–Trinajstić information content (AvgIpc) is 1.59. The second-order valence-corrected chi connectivity index (χ2v) is 2.83. The van der Waals surface area contributed by atoms with Gasteiger partial charge in [-0.3, -0.25) is 4.90 Å². The molecule has 0 bridgehead atoms. The topological polar surface area (TPSA) is 3.24 Å². The highest BCUT2D eigenvalue weighted by atomic mass is 15.3. The third-order valence-electron chi connectivity index (χ3n) is 2.36. The molecule has 0 aromatic rings. The first-order valence-electron chi connectivity index (χ1n) is 3.12. The van der Waals surface area contributed by atoms with Crippen LogP contribution < -0.4 is 0 Å². The molecule has 2 heterocycles. The maximum atomic E-state index is 2.55. The molecule has 0 aromatic heterocycles. The Hall–Kier alpha value is -0.0400. The first-order valence-corrected chi connectivity index (χ1v) is 3.12. The van der Waals surface area contributed by atoms with Crippen LogP contribution in [0.2, 0.25) is 0 Å². The van der Waals surface area contributed by atoms with Gasteiger partial charge in [-0.1, -0.05) is 6.92 Å². The van der Waals surface area contributed by atoms with E-state index in [-0.39, 0.29) is 0 Å². The standard InChI is InChI=1S/C6H11N/c1-5-4-7-3-2-6(5)7/h5-6H,2-4H2,1H3. The van der Waals surface area contributed by atoms with Crippen LogP contribution in [-0.4, -0.2) is 24.0 Å². The van der Waals surface area contributed by atoms with Gasteiger partial charge in [0.15, 0.2) is 0 Å². The van der Waals surface area contributed by atoms with E-state index < -0.39 is 0 Å². The highest BCUT2D eigenvalue weighted by molar-refractivity contribution is 4.96. The first-order chi connectivity index (χ1) is 3.38. The van der Waals surface area contributed by atoms with E-state index in [0.29, 0.717) is 0 Å². The van der Waals surface area contributed by atoms with Crippen LogP contribution in [0.3, 0.4) is 0 Å². The fourth-order valence-electron chi connectivity index (χ4n) is 1.69. The minimum Gasteiger partial charge on any atom is -0.300 e. The molecule has 2 atom stereocenters. The lowest BCUT2D eigenvalue weighted by atomic mass is 9.81. The highest BCUT2D eigenvalue weighted by Crippen LogP contribution is 2.34. The molecular weight excluding hydrogens is 86.1 g/mol. The normalized spacial score (nSPS) is 49.3. The lowest BCUT2D eigenvalue weighted by Gasteiger charge is -2.55. The summed E-state index contributed by atoms with van der Waals surface area (Å²) in [5.74, 6) is 1.02. The Kier molecular flexibility index (Phi) is 0.571. The Labute approximate surface area is 44.3 Å². The Bertz CT molecular complexity index is 86.2. The summed E-state index contributed by atoms with van der Waals surface area (Å²) < 4.78 is 0. The maximum Gasteiger partial charge on any atom is 0.0145 e. The Morgan fingerprint density at radius 3 is 2.43 bits per heavy atom. The molecule has 2 rings (SSSR count). The summed E-state index contributed by atoms with van der Waals surface area (Å²) in [6, 6.07) is 1.01. The largest absolute Gasteiger partial charge is 0.300 e. The second kappa shape index (κ2) is 1.03. The molecule has 40 valence electrons. The van der Waals surface area contributed by atoms with Crippen LogP contribution in [0.15, 0.2) is 0 Å². The summed E-state index contributed by atoms with van der Waals surface area (Å²) in [5.41, 5.74) is 0. The van der Waals surface area contributed by atoms with Crippen molar-refractivity contribution in [3.63, 3.8) is 0 Å². The predicted octanol–water partition coefficient (Wildman–Crippen LogP) is 0.710. The van der Waals surface area contributed by atoms with Gasteiger partial charge in [0.25, 0.3) is 0 Å². The van der Waals surface area contributed by atoms with Crippen LogP contribution in [0.1, 0.15) is 13.3 Å². The Balaban J connectivity index is 1.99. The van der Waals surface area contributed by atoms with E-state index in [1.165, 1.54) is 19.5 Å². The van der Waals surface area contributed by atoms with E-state index in [9.17, 15) is 0 Å². The van der Waals surface area contributed by atoms with E-state index in [1.54, 1.807) is 0 Å². The van der Waals surface area contributed by atoms with E-state index in [0.717, 1.165) is 12.0 Å². The molecule has 0 aromatic carbocycles. The van der Waals surface area contributed by atoms with Crippen molar-refractivity contribution in [3.8, 4) is 0 Å². The molecule has 1 heteroatoms. The van der Waals surface area contributed by atoms with Crippen molar-refractivity contribution < 1.29 is 0 Å². The zero-order valence-electron chi connectivity index (χ0n) is 4.72. The molecule has 0 aliphatic carbocycles. The number of piperidine rings is 1. The molecule has 2 saturated heterocycles. The van der Waals surface area contributed by atoms with Gasteiger partial charge in [-0.25, -0.2) is 0 Å². The van der Waals surface area contributed by atoms with Crippen LogP contribution in [-0.2, 0) is 0 Å². The van der Waals surface area contributed by atoms with E-state index >= 15 is 0 Å². The van der Waals surface area contributed by atoms with Crippen LogP contribution in [0.4, 0.5) is 0 Å². The predicted molar refractivity (Wildman–Crippen MR) is 29.1 cm³/mol. The van der Waals surface area contributed by atoms with Gasteiger partial charge in [0.2, 0.25) is 0 Å². The van der Waals surface area contributed by atoms with E-state index in [2.05, 4.69) is 11.8 Å². The number of fused-ring (bicyclic) bond motifs is 1. The molecular formula is C6H11N. The summed E-state index contributed by atoms with van der Waals surface area (Å²) in [5, 5.41) is 0. The van der Waals surface area contributed by atoms with Crippen LogP contribution >= 0.6 is 0 Å². The van der Waals surface area contributed by atoms with Crippen LogP contribution in [0, 0.1) is 5.92 Å². The van der Waals surface area contributed by atoms with Crippen molar-refractivity contribution in [1.29, 1.82) is 0 Å². The number of hydrogen-bond donors (Lipinski definition) is 0. The second-order valence-electron chi connectivity index (χ2n) is 2.83. The van der Waals surface area contributed by atoms with E-state index in [1.807, 2.05) is 0 Å². The summed E-state index contributed by atoms with van der Waals surface area (Å²) >= 11 is 0. The minimum absolute atomic E-state index is 1.01. The van der Waals surface area contributed by atoms with Crippen molar-refractivity contribution in [2.75, 3.05) is 13.1 Å². The molecule has 2 aliphatic rings. The number of nitrogens with zero attached hydrogens (tertiary/aromatic N) is 1. The van der Waals surface area contributed by atoms with E-state index in [4.69, 9.17) is 0 Å². The summed E-state index contributed by atoms with van der Waals surface area (Å²) in [4.78, 5) is 2.55. The molecule has 0 N–H and O–H groups in total.